The predicted molar refractivity (Wildman–Crippen MR) is 68.8 cm³/mol. The minimum atomic E-state index is 0.146. The van der Waals surface area contributed by atoms with Crippen molar-refractivity contribution in [3.05, 3.63) is 60.2 Å². The Kier molecular flexibility index (Phi) is 2.45. The molecule has 2 aromatic carbocycles. The second-order valence-electron chi connectivity index (χ2n) is 4.07. The van der Waals surface area contributed by atoms with Gasteiger partial charge in [-0.25, -0.2) is 0 Å². The van der Waals surface area contributed by atoms with E-state index in [4.69, 9.17) is 9.47 Å². The van der Waals surface area contributed by atoms with Gasteiger partial charge in [-0.2, -0.15) is 0 Å². The van der Waals surface area contributed by atoms with Crippen LogP contribution in [-0.2, 0) is 0 Å². The lowest BCUT2D eigenvalue weighted by molar-refractivity contribution is 0.174. The quantitative estimate of drug-likeness (QED) is 0.876. The summed E-state index contributed by atoms with van der Waals surface area (Å²) in [7, 11) is 0. The highest BCUT2D eigenvalue weighted by Gasteiger charge is 2.18. The van der Waals surface area contributed by atoms with Gasteiger partial charge in [0.1, 0.15) is 5.75 Å². The van der Waals surface area contributed by atoms with Gasteiger partial charge in [-0.15, -0.1) is 0 Å². The standard InChI is InChI=1S/C15H12O3/c1-10(11-5-3-2-4-6-11)12-7-14-15(8-13(12)16)18-9-17-14/h2-8,16H,1,9H2. The first kappa shape index (κ1) is 10.7. The van der Waals surface area contributed by atoms with Crippen molar-refractivity contribution in [1.29, 1.82) is 0 Å². The molecule has 1 aliphatic heterocycles. The summed E-state index contributed by atoms with van der Waals surface area (Å²) in [6, 6.07) is 13.0. The molecule has 0 amide bonds. The number of fused-ring (bicyclic) bond motifs is 1. The molecule has 0 fully saturated rings. The zero-order valence-corrected chi connectivity index (χ0v) is 9.72. The van der Waals surface area contributed by atoms with Crippen LogP contribution < -0.4 is 9.47 Å². The van der Waals surface area contributed by atoms with E-state index < -0.39 is 0 Å². The van der Waals surface area contributed by atoms with E-state index in [1.165, 1.54) is 0 Å². The molecule has 18 heavy (non-hydrogen) atoms. The van der Waals surface area contributed by atoms with Crippen LogP contribution in [0, 0.1) is 0 Å². The van der Waals surface area contributed by atoms with Gasteiger partial charge >= 0.3 is 0 Å². The summed E-state index contributed by atoms with van der Waals surface area (Å²) in [5, 5.41) is 10.0. The third kappa shape index (κ3) is 1.70. The molecule has 90 valence electrons. The molecule has 3 nitrogen and oxygen atoms in total. The summed E-state index contributed by atoms with van der Waals surface area (Å²) in [5.41, 5.74) is 2.38. The van der Waals surface area contributed by atoms with E-state index in [9.17, 15) is 5.11 Å². The summed E-state index contributed by atoms with van der Waals surface area (Å²) in [6.45, 7) is 4.22. The zero-order chi connectivity index (χ0) is 12.5. The number of phenols is 1. The Morgan fingerprint density at radius 2 is 1.72 bits per heavy atom. The number of phenolic OH excluding ortho intramolecular Hbond substituents is 1. The Hall–Kier alpha value is -2.42. The third-order valence-corrected chi connectivity index (χ3v) is 2.94. The van der Waals surface area contributed by atoms with Crippen LogP contribution in [0.4, 0.5) is 0 Å². The normalized spacial score (nSPS) is 12.4. The number of hydrogen-bond acceptors (Lipinski definition) is 3. The first-order chi connectivity index (χ1) is 8.75. The summed E-state index contributed by atoms with van der Waals surface area (Å²) in [4.78, 5) is 0. The highest BCUT2D eigenvalue weighted by molar-refractivity contribution is 5.82. The van der Waals surface area contributed by atoms with Gasteiger partial charge in [0, 0.05) is 11.6 Å². The molecular formula is C15H12O3. The second kappa shape index (κ2) is 4.11. The molecule has 0 aromatic heterocycles. The molecule has 0 aliphatic carbocycles. The number of benzene rings is 2. The molecule has 0 saturated carbocycles. The van der Waals surface area contributed by atoms with Gasteiger partial charge in [0.15, 0.2) is 11.5 Å². The van der Waals surface area contributed by atoms with E-state index in [1.54, 1.807) is 12.1 Å². The molecule has 0 atom stereocenters. The Bertz CT molecular complexity index is 603. The minimum absolute atomic E-state index is 0.146. The molecular weight excluding hydrogens is 228 g/mol. The van der Waals surface area contributed by atoms with Gasteiger partial charge in [0.05, 0.1) is 0 Å². The van der Waals surface area contributed by atoms with Crippen LogP contribution >= 0.6 is 0 Å². The molecule has 0 unspecified atom stereocenters. The summed E-state index contributed by atoms with van der Waals surface area (Å²) < 4.78 is 10.5. The maximum Gasteiger partial charge on any atom is 0.231 e. The van der Waals surface area contributed by atoms with Crippen molar-refractivity contribution in [2.75, 3.05) is 6.79 Å². The maximum absolute atomic E-state index is 10.0. The smallest absolute Gasteiger partial charge is 0.231 e. The second-order valence-corrected chi connectivity index (χ2v) is 4.07. The average molecular weight is 240 g/mol. The first-order valence-electron chi connectivity index (χ1n) is 5.63. The third-order valence-electron chi connectivity index (χ3n) is 2.94. The first-order valence-corrected chi connectivity index (χ1v) is 5.63. The lowest BCUT2D eigenvalue weighted by Gasteiger charge is -2.09. The van der Waals surface area contributed by atoms with Crippen molar-refractivity contribution >= 4 is 5.57 Å². The van der Waals surface area contributed by atoms with E-state index >= 15 is 0 Å². The number of hydrogen-bond donors (Lipinski definition) is 1. The molecule has 0 bridgehead atoms. The van der Waals surface area contributed by atoms with Crippen molar-refractivity contribution < 1.29 is 14.6 Å². The van der Waals surface area contributed by atoms with Crippen LogP contribution in [0.2, 0.25) is 0 Å². The molecule has 2 aromatic rings. The van der Waals surface area contributed by atoms with E-state index in [2.05, 4.69) is 6.58 Å². The molecule has 1 heterocycles. The molecule has 1 aliphatic rings. The van der Waals surface area contributed by atoms with E-state index in [0.29, 0.717) is 17.1 Å². The lowest BCUT2D eigenvalue weighted by Crippen LogP contribution is -1.92. The summed E-state index contributed by atoms with van der Waals surface area (Å²) >= 11 is 0. The fourth-order valence-corrected chi connectivity index (χ4v) is 1.97. The highest BCUT2D eigenvalue weighted by atomic mass is 16.7. The fraction of sp³-hybridized carbons (Fsp3) is 0.0667. The molecule has 3 heteroatoms. The Morgan fingerprint density at radius 1 is 1.06 bits per heavy atom. The molecule has 0 spiro atoms. The summed E-state index contributed by atoms with van der Waals surface area (Å²) in [5.74, 6) is 1.35. The molecule has 0 radical (unpaired) electrons. The SMILES string of the molecule is C=C(c1ccccc1)c1cc2c(cc1O)OCO2. The van der Waals surface area contributed by atoms with Gasteiger partial charge in [0.2, 0.25) is 6.79 Å². The van der Waals surface area contributed by atoms with Crippen molar-refractivity contribution in [2.24, 2.45) is 0 Å². The van der Waals surface area contributed by atoms with Crippen LogP contribution in [-0.4, -0.2) is 11.9 Å². The van der Waals surface area contributed by atoms with Crippen LogP contribution in [0.5, 0.6) is 17.2 Å². The van der Waals surface area contributed by atoms with Gasteiger partial charge < -0.3 is 14.6 Å². The maximum atomic E-state index is 10.0. The van der Waals surface area contributed by atoms with Gasteiger partial charge in [-0.3, -0.25) is 0 Å². The Labute approximate surface area is 105 Å². The van der Waals surface area contributed by atoms with Crippen LogP contribution in [0.3, 0.4) is 0 Å². The molecule has 1 N–H and O–H groups in total. The van der Waals surface area contributed by atoms with Gasteiger partial charge in [-0.05, 0) is 17.2 Å². The van der Waals surface area contributed by atoms with Crippen molar-refractivity contribution in [1.82, 2.24) is 0 Å². The van der Waals surface area contributed by atoms with E-state index in [1.807, 2.05) is 30.3 Å². The predicted octanol–water partition coefficient (Wildman–Crippen LogP) is 3.18. The Morgan fingerprint density at radius 3 is 2.44 bits per heavy atom. The number of aromatic hydroxyl groups is 1. The molecule has 3 rings (SSSR count). The largest absolute Gasteiger partial charge is 0.507 e. The minimum Gasteiger partial charge on any atom is -0.507 e. The van der Waals surface area contributed by atoms with E-state index in [-0.39, 0.29) is 12.5 Å². The van der Waals surface area contributed by atoms with Gasteiger partial charge in [0.25, 0.3) is 0 Å². The lowest BCUT2D eigenvalue weighted by atomic mass is 9.98. The zero-order valence-electron chi connectivity index (χ0n) is 9.72. The van der Waals surface area contributed by atoms with Crippen molar-refractivity contribution in [3.8, 4) is 17.2 Å². The van der Waals surface area contributed by atoms with Crippen LogP contribution in [0.1, 0.15) is 11.1 Å². The van der Waals surface area contributed by atoms with E-state index in [0.717, 1.165) is 11.1 Å². The van der Waals surface area contributed by atoms with Crippen LogP contribution in [0.25, 0.3) is 5.57 Å². The monoisotopic (exact) mass is 240 g/mol. The van der Waals surface area contributed by atoms with Gasteiger partial charge in [-0.1, -0.05) is 36.9 Å². The van der Waals surface area contributed by atoms with Crippen LogP contribution in [0.15, 0.2) is 49.0 Å². The highest BCUT2D eigenvalue weighted by Crippen LogP contribution is 2.41. The average Bonchev–Trinajstić information content (AvgIpc) is 2.85. The van der Waals surface area contributed by atoms with Crippen molar-refractivity contribution in [2.45, 2.75) is 0 Å². The number of rotatable bonds is 2. The molecule has 0 saturated heterocycles. The van der Waals surface area contributed by atoms with Crippen molar-refractivity contribution in [3.63, 3.8) is 0 Å². The topological polar surface area (TPSA) is 38.7 Å². The summed E-state index contributed by atoms with van der Waals surface area (Å²) in [6.07, 6.45) is 0. The Balaban J connectivity index is 2.05. The number of ether oxygens (including phenoxy) is 2. The fourth-order valence-electron chi connectivity index (χ4n) is 1.97.